The first kappa shape index (κ1) is 13.6. The molecule has 1 fully saturated rings. The standard InChI is InChI=1S/C16H14ClFN4/c17-16-20-8-13(18)14(21-16)12-9-22(10-4-1-2-5-10)15-11(12)6-3-7-19-15/h3,6-10H,1-2,4-5H2. The van der Waals surface area contributed by atoms with Gasteiger partial charge in [-0.05, 0) is 36.6 Å². The van der Waals surface area contributed by atoms with Crippen molar-refractivity contribution in [3.05, 3.63) is 41.8 Å². The van der Waals surface area contributed by atoms with Gasteiger partial charge in [0.05, 0.1) is 6.20 Å². The van der Waals surface area contributed by atoms with Crippen LogP contribution in [0.1, 0.15) is 31.7 Å². The molecule has 0 amide bonds. The Kier molecular flexibility index (Phi) is 3.30. The van der Waals surface area contributed by atoms with Gasteiger partial charge in [0.1, 0.15) is 11.3 Å². The van der Waals surface area contributed by atoms with Crippen molar-refractivity contribution < 1.29 is 4.39 Å². The highest BCUT2D eigenvalue weighted by Gasteiger charge is 2.23. The monoisotopic (exact) mass is 316 g/mol. The average molecular weight is 317 g/mol. The van der Waals surface area contributed by atoms with Crippen molar-refractivity contribution in [2.75, 3.05) is 0 Å². The zero-order valence-corrected chi connectivity index (χ0v) is 12.6. The SMILES string of the molecule is Fc1cnc(Cl)nc1-c1cn(C2CCCC2)c2ncccc12. The van der Waals surface area contributed by atoms with Gasteiger partial charge in [-0.15, -0.1) is 0 Å². The number of hydrogen-bond donors (Lipinski definition) is 0. The molecule has 112 valence electrons. The van der Waals surface area contributed by atoms with Crippen LogP contribution in [0.25, 0.3) is 22.3 Å². The smallest absolute Gasteiger partial charge is 0.223 e. The van der Waals surface area contributed by atoms with Crippen LogP contribution < -0.4 is 0 Å². The molecule has 0 unspecified atom stereocenters. The van der Waals surface area contributed by atoms with Crippen LogP contribution in [0.3, 0.4) is 0 Å². The van der Waals surface area contributed by atoms with Crippen LogP contribution in [0.2, 0.25) is 5.28 Å². The summed E-state index contributed by atoms with van der Waals surface area (Å²) in [5, 5.41) is 0.935. The highest BCUT2D eigenvalue weighted by Crippen LogP contribution is 2.37. The molecule has 0 aromatic carbocycles. The van der Waals surface area contributed by atoms with Gasteiger partial charge in [0.2, 0.25) is 5.28 Å². The number of fused-ring (bicyclic) bond motifs is 1. The summed E-state index contributed by atoms with van der Waals surface area (Å²) < 4.78 is 16.3. The molecule has 3 aromatic heterocycles. The van der Waals surface area contributed by atoms with E-state index in [-0.39, 0.29) is 11.0 Å². The minimum atomic E-state index is -0.473. The molecule has 3 aromatic rings. The third-order valence-corrected chi connectivity index (χ3v) is 4.46. The van der Waals surface area contributed by atoms with E-state index >= 15 is 0 Å². The molecule has 4 nitrogen and oxygen atoms in total. The summed E-state index contributed by atoms with van der Waals surface area (Å²) in [6, 6.07) is 4.22. The van der Waals surface area contributed by atoms with E-state index < -0.39 is 5.82 Å². The Balaban J connectivity index is 1.96. The van der Waals surface area contributed by atoms with E-state index in [4.69, 9.17) is 11.6 Å². The number of pyridine rings is 1. The number of rotatable bonds is 2. The van der Waals surface area contributed by atoms with E-state index in [1.807, 2.05) is 18.3 Å². The van der Waals surface area contributed by atoms with Crippen LogP contribution in [0.4, 0.5) is 4.39 Å². The minimum Gasteiger partial charge on any atom is -0.329 e. The molecule has 0 atom stereocenters. The number of hydrogen-bond acceptors (Lipinski definition) is 3. The van der Waals surface area contributed by atoms with Gasteiger partial charge in [0.15, 0.2) is 5.82 Å². The lowest BCUT2D eigenvalue weighted by molar-refractivity contribution is 0.532. The van der Waals surface area contributed by atoms with E-state index in [2.05, 4.69) is 19.5 Å². The summed E-state index contributed by atoms with van der Waals surface area (Å²) in [6.07, 6.45) is 9.54. The highest BCUT2D eigenvalue weighted by atomic mass is 35.5. The normalized spacial score (nSPS) is 15.7. The summed E-state index contributed by atoms with van der Waals surface area (Å²) >= 11 is 5.84. The molecule has 0 N–H and O–H groups in total. The Morgan fingerprint density at radius 1 is 1.23 bits per heavy atom. The van der Waals surface area contributed by atoms with Crippen LogP contribution in [-0.4, -0.2) is 19.5 Å². The van der Waals surface area contributed by atoms with Crippen molar-refractivity contribution in [2.24, 2.45) is 0 Å². The van der Waals surface area contributed by atoms with Crippen molar-refractivity contribution in [1.82, 2.24) is 19.5 Å². The molecule has 0 bridgehead atoms. The molecule has 6 heteroatoms. The Hall–Kier alpha value is -2.01. The molecule has 1 aliphatic carbocycles. The predicted octanol–water partition coefficient (Wildman–Crippen LogP) is 4.40. The van der Waals surface area contributed by atoms with Gasteiger partial charge < -0.3 is 4.57 Å². The Labute approximate surface area is 132 Å². The van der Waals surface area contributed by atoms with Gasteiger partial charge in [-0.25, -0.2) is 19.3 Å². The maximum atomic E-state index is 14.2. The van der Waals surface area contributed by atoms with Crippen molar-refractivity contribution in [3.63, 3.8) is 0 Å². The van der Waals surface area contributed by atoms with Crippen LogP contribution in [0, 0.1) is 5.82 Å². The van der Waals surface area contributed by atoms with Gasteiger partial charge in [-0.2, -0.15) is 0 Å². The first-order valence-electron chi connectivity index (χ1n) is 7.38. The number of aromatic nitrogens is 4. The fourth-order valence-electron chi connectivity index (χ4n) is 3.27. The topological polar surface area (TPSA) is 43.6 Å². The first-order chi connectivity index (χ1) is 10.7. The summed E-state index contributed by atoms with van der Waals surface area (Å²) in [7, 11) is 0. The molecule has 1 aliphatic rings. The molecular formula is C16H14ClFN4. The van der Waals surface area contributed by atoms with Crippen LogP contribution in [0.5, 0.6) is 0 Å². The molecule has 3 heterocycles. The number of nitrogens with zero attached hydrogens (tertiary/aromatic N) is 4. The van der Waals surface area contributed by atoms with Crippen molar-refractivity contribution >= 4 is 22.6 Å². The largest absolute Gasteiger partial charge is 0.329 e. The van der Waals surface area contributed by atoms with Crippen molar-refractivity contribution in [3.8, 4) is 11.3 Å². The second-order valence-electron chi connectivity index (χ2n) is 5.60. The van der Waals surface area contributed by atoms with Gasteiger partial charge in [-0.3, -0.25) is 0 Å². The summed E-state index contributed by atoms with van der Waals surface area (Å²) in [6.45, 7) is 0. The van der Waals surface area contributed by atoms with Gasteiger partial charge in [0, 0.05) is 29.4 Å². The van der Waals surface area contributed by atoms with Crippen molar-refractivity contribution in [1.29, 1.82) is 0 Å². The molecule has 0 aliphatic heterocycles. The van der Waals surface area contributed by atoms with E-state index in [1.165, 1.54) is 12.8 Å². The average Bonchev–Trinajstić information content (AvgIpc) is 3.17. The lowest BCUT2D eigenvalue weighted by Gasteiger charge is -2.12. The molecule has 0 saturated heterocycles. The lowest BCUT2D eigenvalue weighted by Crippen LogP contribution is -2.03. The molecule has 1 saturated carbocycles. The zero-order valence-electron chi connectivity index (χ0n) is 11.8. The van der Waals surface area contributed by atoms with Gasteiger partial charge in [-0.1, -0.05) is 12.8 Å². The minimum absolute atomic E-state index is 0.0436. The molecule has 4 rings (SSSR count). The van der Waals surface area contributed by atoms with Crippen LogP contribution >= 0.6 is 11.6 Å². The van der Waals surface area contributed by atoms with Gasteiger partial charge >= 0.3 is 0 Å². The Bertz CT molecular complexity index is 839. The Morgan fingerprint density at radius 3 is 2.86 bits per heavy atom. The van der Waals surface area contributed by atoms with E-state index in [1.54, 1.807) is 6.20 Å². The zero-order chi connectivity index (χ0) is 15.1. The van der Waals surface area contributed by atoms with Crippen LogP contribution in [0.15, 0.2) is 30.7 Å². The van der Waals surface area contributed by atoms with E-state index in [0.29, 0.717) is 6.04 Å². The quantitative estimate of drug-likeness (QED) is 0.658. The third kappa shape index (κ3) is 2.16. The molecule has 22 heavy (non-hydrogen) atoms. The fraction of sp³-hybridized carbons (Fsp3) is 0.312. The summed E-state index contributed by atoms with van der Waals surface area (Å²) in [4.78, 5) is 12.2. The maximum absolute atomic E-state index is 14.2. The van der Waals surface area contributed by atoms with E-state index in [9.17, 15) is 4.39 Å². The predicted molar refractivity (Wildman–Crippen MR) is 83.2 cm³/mol. The Morgan fingerprint density at radius 2 is 2.05 bits per heavy atom. The summed E-state index contributed by atoms with van der Waals surface area (Å²) in [5.74, 6) is -0.473. The van der Waals surface area contributed by atoms with Crippen LogP contribution in [-0.2, 0) is 0 Å². The molecular weight excluding hydrogens is 303 g/mol. The maximum Gasteiger partial charge on any atom is 0.223 e. The van der Waals surface area contributed by atoms with Gasteiger partial charge in [0.25, 0.3) is 0 Å². The first-order valence-corrected chi connectivity index (χ1v) is 7.76. The highest BCUT2D eigenvalue weighted by molar-refractivity contribution is 6.28. The molecule has 0 spiro atoms. The molecule has 0 radical (unpaired) electrons. The van der Waals surface area contributed by atoms with Crippen molar-refractivity contribution in [2.45, 2.75) is 31.7 Å². The lowest BCUT2D eigenvalue weighted by atomic mass is 10.1. The third-order valence-electron chi connectivity index (χ3n) is 4.28. The number of halogens is 2. The summed E-state index contributed by atoms with van der Waals surface area (Å²) in [5.41, 5.74) is 1.82. The van der Waals surface area contributed by atoms with E-state index in [0.717, 1.165) is 35.6 Å². The second-order valence-corrected chi connectivity index (χ2v) is 5.94. The fourth-order valence-corrected chi connectivity index (χ4v) is 3.40. The second kappa shape index (κ2) is 5.32.